The van der Waals surface area contributed by atoms with E-state index in [9.17, 15) is 9.59 Å². The maximum Gasteiger partial charge on any atom is 0.187 e. The number of carbonyl (C=O) groups excluding carboxylic acids is 2. The Morgan fingerprint density at radius 2 is 1.46 bits per heavy atom. The molecule has 1 heterocycles. The molecule has 2 aliphatic rings. The number of ether oxygens (including phenoxy) is 2. The second kappa shape index (κ2) is 3.20. The van der Waals surface area contributed by atoms with Crippen molar-refractivity contribution >= 4 is 12.6 Å². The van der Waals surface area contributed by atoms with Crippen molar-refractivity contribution < 1.29 is 19.1 Å². The van der Waals surface area contributed by atoms with E-state index in [4.69, 9.17) is 9.47 Å². The maximum atomic E-state index is 10.8. The van der Waals surface area contributed by atoms with Gasteiger partial charge in [0.25, 0.3) is 0 Å². The summed E-state index contributed by atoms with van der Waals surface area (Å²) in [4.78, 5) is 21.5. The highest BCUT2D eigenvalue weighted by Crippen LogP contribution is 2.44. The van der Waals surface area contributed by atoms with Crippen molar-refractivity contribution in [3.8, 4) is 0 Å². The minimum absolute atomic E-state index is 0.273. The number of aldehydes is 2. The van der Waals surface area contributed by atoms with Crippen LogP contribution in [0.1, 0.15) is 12.8 Å². The lowest BCUT2D eigenvalue weighted by molar-refractivity contribution is -0.201. The topological polar surface area (TPSA) is 52.6 Å². The Balaban J connectivity index is 2.26. The summed E-state index contributed by atoms with van der Waals surface area (Å²) in [7, 11) is 0. The molecule has 4 heteroatoms. The van der Waals surface area contributed by atoms with Gasteiger partial charge < -0.3 is 19.1 Å². The molecule has 0 N–H and O–H groups in total. The molecule has 2 rings (SSSR count). The molecule has 72 valence electrons. The van der Waals surface area contributed by atoms with Crippen LogP contribution in [0.25, 0.3) is 0 Å². The molecular formula is C9H12O4. The Kier molecular flexibility index (Phi) is 2.17. The Morgan fingerprint density at radius 3 is 1.85 bits per heavy atom. The zero-order valence-electron chi connectivity index (χ0n) is 7.27. The van der Waals surface area contributed by atoms with Crippen LogP contribution < -0.4 is 0 Å². The molecule has 4 nitrogen and oxygen atoms in total. The Morgan fingerprint density at radius 1 is 1.00 bits per heavy atom. The van der Waals surface area contributed by atoms with E-state index >= 15 is 0 Å². The van der Waals surface area contributed by atoms with Crippen molar-refractivity contribution in [1.82, 2.24) is 0 Å². The van der Waals surface area contributed by atoms with Gasteiger partial charge in [0.15, 0.2) is 5.79 Å². The number of hydrogen-bond donors (Lipinski definition) is 0. The summed E-state index contributed by atoms with van der Waals surface area (Å²) in [6.45, 7) is 0.962. The molecule has 0 amide bonds. The van der Waals surface area contributed by atoms with Crippen molar-refractivity contribution in [3.05, 3.63) is 0 Å². The summed E-state index contributed by atoms with van der Waals surface area (Å²) in [5, 5.41) is 0. The van der Waals surface area contributed by atoms with Crippen molar-refractivity contribution in [2.45, 2.75) is 18.6 Å². The first kappa shape index (κ1) is 8.84. The molecule has 1 saturated carbocycles. The third kappa shape index (κ3) is 1.13. The SMILES string of the molecule is O=C[C@@H]1CC[C@H](C=O)C12OCCO2. The quantitative estimate of drug-likeness (QED) is 0.573. The van der Waals surface area contributed by atoms with Gasteiger partial charge in [-0.1, -0.05) is 0 Å². The van der Waals surface area contributed by atoms with Crippen LogP contribution in [0.15, 0.2) is 0 Å². The predicted octanol–water partition coefficient (Wildman–Crippen LogP) is 0.153. The van der Waals surface area contributed by atoms with Gasteiger partial charge in [-0.2, -0.15) is 0 Å². The molecule has 2 fully saturated rings. The summed E-state index contributed by atoms with van der Waals surface area (Å²) in [5.41, 5.74) is 0. The first-order chi connectivity index (χ1) is 6.33. The van der Waals surface area contributed by atoms with Crippen molar-refractivity contribution in [2.75, 3.05) is 13.2 Å². The van der Waals surface area contributed by atoms with Crippen LogP contribution in [0.5, 0.6) is 0 Å². The van der Waals surface area contributed by atoms with Crippen LogP contribution in [0.4, 0.5) is 0 Å². The first-order valence-corrected chi connectivity index (χ1v) is 4.52. The largest absolute Gasteiger partial charge is 0.346 e. The smallest absolute Gasteiger partial charge is 0.187 e. The number of carbonyl (C=O) groups is 2. The normalized spacial score (nSPS) is 36.6. The lowest BCUT2D eigenvalue weighted by Crippen LogP contribution is -2.42. The van der Waals surface area contributed by atoms with Crippen molar-refractivity contribution in [1.29, 1.82) is 0 Å². The van der Waals surface area contributed by atoms with Gasteiger partial charge in [0.1, 0.15) is 12.6 Å². The van der Waals surface area contributed by atoms with E-state index in [2.05, 4.69) is 0 Å². The van der Waals surface area contributed by atoms with Gasteiger partial charge in [-0.25, -0.2) is 0 Å². The highest BCUT2D eigenvalue weighted by atomic mass is 16.7. The molecule has 0 bridgehead atoms. The predicted molar refractivity (Wildman–Crippen MR) is 43.0 cm³/mol. The zero-order valence-corrected chi connectivity index (χ0v) is 7.27. The second-order valence-electron chi connectivity index (χ2n) is 3.48. The molecular weight excluding hydrogens is 172 g/mol. The second-order valence-corrected chi connectivity index (χ2v) is 3.48. The summed E-state index contributed by atoms with van der Waals surface area (Å²) >= 11 is 0. The van der Waals surface area contributed by atoms with Gasteiger partial charge in [-0.05, 0) is 12.8 Å². The van der Waals surface area contributed by atoms with Gasteiger partial charge in [0, 0.05) is 0 Å². The highest BCUT2D eigenvalue weighted by molar-refractivity contribution is 5.63. The van der Waals surface area contributed by atoms with Gasteiger partial charge in [-0.15, -0.1) is 0 Å². The molecule has 0 radical (unpaired) electrons. The van der Waals surface area contributed by atoms with Crippen molar-refractivity contribution in [2.24, 2.45) is 11.8 Å². The van der Waals surface area contributed by atoms with Gasteiger partial charge in [0.05, 0.1) is 25.0 Å². The number of hydrogen-bond acceptors (Lipinski definition) is 4. The van der Waals surface area contributed by atoms with Crippen LogP contribution in [0.2, 0.25) is 0 Å². The van der Waals surface area contributed by atoms with Crippen LogP contribution in [0.3, 0.4) is 0 Å². The standard InChI is InChI=1S/C9H12O4/c10-5-7-1-2-8(6-11)9(7)12-3-4-13-9/h5-8H,1-4H2/t7-,8+. The lowest BCUT2D eigenvalue weighted by Gasteiger charge is -2.29. The summed E-state index contributed by atoms with van der Waals surface area (Å²) in [5.74, 6) is -1.46. The van der Waals surface area contributed by atoms with E-state index in [1.54, 1.807) is 0 Å². The van der Waals surface area contributed by atoms with E-state index in [0.29, 0.717) is 26.1 Å². The summed E-state index contributed by atoms with van der Waals surface area (Å²) in [6, 6.07) is 0. The van der Waals surface area contributed by atoms with Gasteiger partial charge in [0.2, 0.25) is 0 Å². The van der Waals surface area contributed by atoms with E-state index in [1.807, 2.05) is 0 Å². The summed E-state index contributed by atoms with van der Waals surface area (Å²) < 4.78 is 10.8. The maximum absolute atomic E-state index is 10.8. The van der Waals surface area contributed by atoms with E-state index in [1.165, 1.54) is 0 Å². The minimum atomic E-state index is -0.913. The molecule has 0 unspecified atom stereocenters. The molecule has 0 aromatic carbocycles. The molecule has 2 atom stereocenters. The Hall–Kier alpha value is -0.740. The lowest BCUT2D eigenvalue weighted by atomic mass is 9.98. The van der Waals surface area contributed by atoms with Crippen LogP contribution in [0, 0.1) is 11.8 Å². The Labute approximate surface area is 76.2 Å². The average Bonchev–Trinajstić information content (AvgIpc) is 2.75. The summed E-state index contributed by atoms with van der Waals surface area (Å²) in [6.07, 6.45) is 3.06. The molecule has 1 spiro atoms. The van der Waals surface area contributed by atoms with Crippen LogP contribution >= 0.6 is 0 Å². The molecule has 1 aliphatic heterocycles. The van der Waals surface area contributed by atoms with E-state index in [-0.39, 0.29) is 11.8 Å². The zero-order chi connectivity index (χ0) is 9.31. The molecule has 0 aromatic rings. The van der Waals surface area contributed by atoms with E-state index < -0.39 is 5.79 Å². The highest BCUT2D eigenvalue weighted by Gasteiger charge is 2.54. The monoisotopic (exact) mass is 184 g/mol. The molecule has 13 heavy (non-hydrogen) atoms. The Bertz CT molecular complexity index is 202. The van der Waals surface area contributed by atoms with E-state index in [0.717, 1.165) is 12.6 Å². The van der Waals surface area contributed by atoms with Crippen LogP contribution in [-0.2, 0) is 19.1 Å². The first-order valence-electron chi connectivity index (χ1n) is 4.52. The average molecular weight is 184 g/mol. The third-order valence-electron chi connectivity index (χ3n) is 2.89. The van der Waals surface area contributed by atoms with Crippen molar-refractivity contribution in [3.63, 3.8) is 0 Å². The third-order valence-corrected chi connectivity index (χ3v) is 2.89. The molecule has 1 aliphatic carbocycles. The fourth-order valence-electron chi connectivity index (χ4n) is 2.23. The molecule has 0 aromatic heterocycles. The van der Waals surface area contributed by atoms with Crippen LogP contribution in [-0.4, -0.2) is 31.6 Å². The van der Waals surface area contributed by atoms with Gasteiger partial charge >= 0.3 is 0 Å². The minimum Gasteiger partial charge on any atom is -0.346 e. The number of rotatable bonds is 2. The fourth-order valence-corrected chi connectivity index (χ4v) is 2.23. The van der Waals surface area contributed by atoms with Gasteiger partial charge in [-0.3, -0.25) is 0 Å². The molecule has 1 saturated heterocycles. The fraction of sp³-hybridized carbons (Fsp3) is 0.778.